The monoisotopic (exact) mass is 297 g/mol. The third-order valence-corrected chi connectivity index (χ3v) is 4.00. The van der Waals surface area contributed by atoms with Crippen molar-refractivity contribution in [2.24, 2.45) is 0 Å². The van der Waals surface area contributed by atoms with E-state index in [2.05, 4.69) is 52.2 Å². The minimum absolute atomic E-state index is 0.628. The maximum Gasteiger partial charge on any atom is 0.159 e. The van der Waals surface area contributed by atoms with Crippen LogP contribution in [-0.2, 0) is 0 Å². The summed E-state index contributed by atoms with van der Waals surface area (Å²) >= 11 is 0. The highest BCUT2D eigenvalue weighted by Crippen LogP contribution is 2.30. The molecular weight excluding hydrogens is 274 g/mol. The Morgan fingerprint density at radius 3 is 2.36 bits per heavy atom. The van der Waals surface area contributed by atoms with Gasteiger partial charge in [-0.25, -0.2) is 9.97 Å². The number of nitrogens with one attached hydrogen (secondary N) is 1. The van der Waals surface area contributed by atoms with Crippen molar-refractivity contribution in [1.29, 1.82) is 0 Å². The van der Waals surface area contributed by atoms with Crippen LogP contribution < -0.4 is 16.0 Å². The second-order valence-electron chi connectivity index (χ2n) is 6.01. The maximum absolute atomic E-state index is 6.31. The van der Waals surface area contributed by atoms with Crippen LogP contribution in [0.2, 0.25) is 0 Å². The summed E-state index contributed by atoms with van der Waals surface area (Å²) in [6.45, 7) is 6.20. The van der Waals surface area contributed by atoms with E-state index in [1.165, 1.54) is 30.4 Å². The van der Waals surface area contributed by atoms with Gasteiger partial charge in [0.05, 0.1) is 0 Å². The molecule has 0 atom stereocenters. The van der Waals surface area contributed by atoms with E-state index in [0.29, 0.717) is 11.5 Å². The molecule has 2 aromatic rings. The van der Waals surface area contributed by atoms with Crippen molar-refractivity contribution in [3.8, 4) is 0 Å². The van der Waals surface area contributed by atoms with Crippen molar-refractivity contribution in [3.63, 3.8) is 0 Å². The minimum Gasteiger partial charge on any atom is -0.393 e. The van der Waals surface area contributed by atoms with Gasteiger partial charge in [-0.1, -0.05) is 6.07 Å². The first-order valence-electron chi connectivity index (χ1n) is 7.84. The van der Waals surface area contributed by atoms with Crippen LogP contribution in [0.25, 0.3) is 0 Å². The van der Waals surface area contributed by atoms with Gasteiger partial charge in [0.1, 0.15) is 12.0 Å². The standard InChI is InChI=1S/C17H23N5/c1-12-8-13(2)10-14(9-12)21-16-15(18)17(20-11-19-16)22-6-4-3-5-7-22/h8-11H,3-7,18H2,1-2H3,(H,19,20,21). The first kappa shape index (κ1) is 14.6. The molecular formula is C17H23N5. The Kier molecular flexibility index (Phi) is 4.13. The molecule has 1 aliphatic heterocycles. The number of nitrogen functional groups attached to an aromatic ring is 1. The fourth-order valence-corrected chi connectivity index (χ4v) is 3.03. The zero-order chi connectivity index (χ0) is 15.5. The Balaban J connectivity index is 1.87. The van der Waals surface area contributed by atoms with E-state index in [4.69, 9.17) is 5.73 Å². The van der Waals surface area contributed by atoms with E-state index in [-0.39, 0.29) is 0 Å². The lowest BCUT2D eigenvalue weighted by atomic mass is 10.1. The molecule has 5 nitrogen and oxygen atoms in total. The molecule has 22 heavy (non-hydrogen) atoms. The van der Waals surface area contributed by atoms with Crippen molar-refractivity contribution < 1.29 is 0 Å². The normalized spacial score (nSPS) is 14.9. The van der Waals surface area contributed by atoms with E-state index >= 15 is 0 Å². The predicted molar refractivity (Wildman–Crippen MR) is 91.7 cm³/mol. The smallest absolute Gasteiger partial charge is 0.159 e. The quantitative estimate of drug-likeness (QED) is 0.908. The number of nitrogens with two attached hydrogens (primary N) is 1. The largest absolute Gasteiger partial charge is 0.393 e. The van der Waals surface area contributed by atoms with Gasteiger partial charge in [0.25, 0.3) is 0 Å². The second kappa shape index (κ2) is 6.22. The molecule has 2 heterocycles. The van der Waals surface area contributed by atoms with Gasteiger partial charge in [0, 0.05) is 18.8 Å². The number of piperidine rings is 1. The van der Waals surface area contributed by atoms with Crippen LogP contribution in [0, 0.1) is 13.8 Å². The summed E-state index contributed by atoms with van der Waals surface area (Å²) < 4.78 is 0. The number of benzene rings is 1. The molecule has 1 saturated heterocycles. The van der Waals surface area contributed by atoms with E-state index in [1.54, 1.807) is 6.33 Å². The number of hydrogen-bond donors (Lipinski definition) is 2. The summed E-state index contributed by atoms with van der Waals surface area (Å²) in [5, 5.41) is 3.33. The molecule has 0 saturated carbocycles. The van der Waals surface area contributed by atoms with Gasteiger partial charge in [0.2, 0.25) is 0 Å². The van der Waals surface area contributed by atoms with E-state index in [9.17, 15) is 0 Å². The fourth-order valence-electron chi connectivity index (χ4n) is 3.03. The Morgan fingerprint density at radius 2 is 1.68 bits per heavy atom. The van der Waals surface area contributed by atoms with Gasteiger partial charge in [0.15, 0.2) is 11.6 Å². The van der Waals surface area contributed by atoms with Crippen molar-refractivity contribution in [2.75, 3.05) is 29.0 Å². The van der Waals surface area contributed by atoms with Gasteiger partial charge >= 0.3 is 0 Å². The number of hydrogen-bond acceptors (Lipinski definition) is 5. The minimum atomic E-state index is 0.628. The third-order valence-electron chi connectivity index (χ3n) is 4.00. The Bertz CT molecular complexity index is 642. The number of rotatable bonds is 3. The molecule has 1 aromatic carbocycles. The van der Waals surface area contributed by atoms with Crippen molar-refractivity contribution >= 4 is 23.0 Å². The third kappa shape index (κ3) is 3.13. The van der Waals surface area contributed by atoms with Gasteiger partial charge in [-0.3, -0.25) is 0 Å². The maximum atomic E-state index is 6.31. The molecule has 0 unspecified atom stereocenters. The molecule has 0 amide bonds. The lowest BCUT2D eigenvalue weighted by Gasteiger charge is -2.28. The van der Waals surface area contributed by atoms with Crippen LogP contribution >= 0.6 is 0 Å². The van der Waals surface area contributed by atoms with Crippen LogP contribution in [-0.4, -0.2) is 23.1 Å². The van der Waals surface area contributed by atoms with Crippen LogP contribution in [0.1, 0.15) is 30.4 Å². The highest BCUT2D eigenvalue weighted by molar-refractivity contribution is 5.78. The van der Waals surface area contributed by atoms with Gasteiger partial charge in [-0.15, -0.1) is 0 Å². The van der Waals surface area contributed by atoms with Crippen molar-refractivity contribution in [3.05, 3.63) is 35.7 Å². The molecule has 0 radical (unpaired) electrons. The summed E-state index contributed by atoms with van der Waals surface area (Å²) in [6, 6.07) is 6.33. The summed E-state index contributed by atoms with van der Waals surface area (Å²) in [4.78, 5) is 11.0. The summed E-state index contributed by atoms with van der Waals surface area (Å²) in [7, 11) is 0. The van der Waals surface area contributed by atoms with Crippen LogP contribution in [0.15, 0.2) is 24.5 Å². The first-order chi connectivity index (χ1) is 10.6. The SMILES string of the molecule is Cc1cc(C)cc(Nc2ncnc(N3CCCCC3)c2N)c1. The Hall–Kier alpha value is -2.30. The molecule has 0 aliphatic carbocycles. The fraction of sp³-hybridized carbons (Fsp3) is 0.412. The lowest BCUT2D eigenvalue weighted by Crippen LogP contribution is -2.31. The Labute approximate surface area is 131 Å². The summed E-state index contributed by atoms with van der Waals surface area (Å²) in [5.74, 6) is 1.53. The number of anilines is 4. The molecule has 3 N–H and O–H groups in total. The van der Waals surface area contributed by atoms with E-state index in [0.717, 1.165) is 24.6 Å². The molecule has 1 aromatic heterocycles. The predicted octanol–water partition coefficient (Wildman–Crippen LogP) is 3.41. The molecule has 0 spiro atoms. The van der Waals surface area contributed by atoms with Crippen molar-refractivity contribution in [1.82, 2.24) is 9.97 Å². The summed E-state index contributed by atoms with van der Waals surface area (Å²) in [6.07, 6.45) is 5.27. The summed E-state index contributed by atoms with van der Waals surface area (Å²) in [5.41, 5.74) is 10.4. The topological polar surface area (TPSA) is 67.1 Å². The average Bonchev–Trinajstić information content (AvgIpc) is 2.49. The lowest BCUT2D eigenvalue weighted by molar-refractivity contribution is 0.574. The highest BCUT2D eigenvalue weighted by Gasteiger charge is 2.17. The van der Waals surface area contributed by atoms with E-state index in [1.807, 2.05) is 0 Å². The number of nitrogens with zero attached hydrogens (tertiary/aromatic N) is 3. The molecule has 3 rings (SSSR count). The Morgan fingerprint density at radius 1 is 1.00 bits per heavy atom. The second-order valence-corrected chi connectivity index (χ2v) is 6.01. The zero-order valence-electron chi connectivity index (χ0n) is 13.3. The molecule has 116 valence electrons. The highest BCUT2D eigenvalue weighted by atomic mass is 15.2. The van der Waals surface area contributed by atoms with E-state index < -0.39 is 0 Å². The molecule has 1 fully saturated rings. The molecule has 0 bridgehead atoms. The van der Waals surface area contributed by atoms with Gasteiger partial charge < -0.3 is 16.0 Å². The van der Waals surface area contributed by atoms with Crippen LogP contribution in [0.4, 0.5) is 23.0 Å². The van der Waals surface area contributed by atoms with Gasteiger partial charge in [-0.05, 0) is 56.4 Å². The average molecular weight is 297 g/mol. The van der Waals surface area contributed by atoms with Gasteiger partial charge in [-0.2, -0.15) is 0 Å². The first-order valence-corrected chi connectivity index (χ1v) is 7.84. The molecule has 1 aliphatic rings. The van der Waals surface area contributed by atoms with Crippen molar-refractivity contribution in [2.45, 2.75) is 33.1 Å². The van der Waals surface area contributed by atoms with Crippen LogP contribution in [0.5, 0.6) is 0 Å². The van der Waals surface area contributed by atoms with Crippen LogP contribution in [0.3, 0.4) is 0 Å². The number of aromatic nitrogens is 2. The zero-order valence-corrected chi connectivity index (χ0v) is 13.3. The number of aryl methyl sites for hydroxylation is 2. The molecule has 5 heteroatoms.